The molecule has 0 aliphatic rings. The molecule has 0 unspecified atom stereocenters. The first-order valence-electron chi connectivity index (χ1n) is 5.94. The maximum absolute atomic E-state index is 11.7. The molecular formula is C15H12N2O2. The Morgan fingerprint density at radius 3 is 2.68 bits per heavy atom. The van der Waals surface area contributed by atoms with Crippen LogP contribution >= 0.6 is 0 Å². The number of esters is 1. The summed E-state index contributed by atoms with van der Waals surface area (Å²) in [6.07, 6.45) is 0. The van der Waals surface area contributed by atoms with Crippen molar-refractivity contribution in [1.82, 2.24) is 9.97 Å². The maximum atomic E-state index is 11.7. The fraction of sp³-hybridized carbons (Fsp3) is 0.133. The first-order valence-corrected chi connectivity index (χ1v) is 5.94. The van der Waals surface area contributed by atoms with Gasteiger partial charge in [-0.05, 0) is 36.8 Å². The van der Waals surface area contributed by atoms with E-state index in [4.69, 9.17) is 4.74 Å². The predicted molar refractivity (Wildman–Crippen MR) is 73.1 cm³/mol. The second kappa shape index (κ2) is 4.31. The summed E-state index contributed by atoms with van der Waals surface area (Å²) in [4.78, 5) is 20.8. The molecule has 0 bridgehead atoms. The van der Waals surface area contributed by atoms with Gasteiger partial charge >= 0.3 is 5.97 Å². The zero-order chi connectivity index (χ0) is 13.4. The lowest BCUT2D eigenvalue weighted by molar-refractivity contribution is 0.0603. The zero-order valence-corrected chi connectivity index (χ0v) is 10.7. The molecule has 0 radical (unpaired) electrons. The van der Waals surface area contributed by atoms with Gasteiger partial charge in [-0.3, -0.25) is 0 Å². The van der Waals surface area contributed by atoms with Gasteiger partial charge in [0.15, 0.2) is 0 Å². The Bertz CT molecular complexity index is 797. The lowest BCUT2D eigenvalue weighted by atomic mass is 10.1. The Kier molecular flexibility index (Phi) is 2.63. The van der Waals surface area contributed by atoms with Crippen molar-refractivity contribution in [3.05, 3.63) is 47.5 Å². The summed E-state index contributed by atoms with van der Waals surface area (Å²) in [5.41, 5.74) is 4.44. The normalized spacial score (nSPS) is 10.8. The molecule has 3 aromatic rings. The number of carbonyl (C=O) groups excluding carboxylic acids is 1. The SMILES string of the molecule is COC(=O)c1cccc2nc3cc(C)ccc3nc12. The van der Waals surface area contributed by atoms with E-state index in [-0.39, 0.29) is 0 Å². The number of aromatic nitrogens is 2. The summed E-state index contributed by atoms with van der Waals surface area (Å²) in [6.45, 7) is 2.01. The van der Waals surface area contributed by atoms with E-state index < -0.39 is 5.97 Å². The Morgan fingerprint density at radius 1 is 1.05 bits per heavy atom. The highest BCUT2D eigenvalue weighted by molar-refractivity contribution is 6.03. The summed E-state index contributed by atoms with van der Waals surface area (Å²) in [5, 5.41) is 0. The molecule has 3 rings (SSSR count). The van der Waals surface area contributed by atoms with Crippen molar-refractivity contribution < 1.29 is 9.53 Å². The molecule has 0 spiro atoms. The third-order valence-electron chi connectivity index (χ3n) is 3.02. The molecule has 0 N–H and O–H groups in total. The molecule has 4 heteroatoms. The highest BCUT2D eigenvalue weighted by Gasteiger charge is 2.12. The van der Waals surface area contributed by atoms with Crippen LogP contribution in [0, 0.1) is 6.92 Å². The van der Waals surface area contributed by atoms with E-state index >= 15 is 0 Å². The quantitative estimate of drug-likeness (QED) is 0.493. The Morgan fingerprint density at radius 2 is 1.89 bits per heavy atom. The molecule has 4 nitrogen and oxygen atoms in total. The van der Waals surface area contributed by atoms with Gasteiger partial charge in [-0.15, -0.1) is 0 Å². The molecule has 0 aliphatic heterocycles. The number of rotatable bonds is 1. The van der Waals surface area contributed by atoms with Gasteiger partial charge in [0.25, 0.3) is 0 Å². The Hall–Kier alpha value is -2.49. The standard InChI is InChI=1S/C15H12N2O2/c1-9-6-7-11-13(8-9)16-12-5-3-4-10(14(12)17-11)15(18)19-2/h3-8H,1-2H3. The summed E-state index contributed by atoms with van der Waals surface area (Å²) in [5.74, 6) is -0.397. The first kappa shape index (κ1) is 11.6. The van der Waals surface area contributed by atoms with Crippen molar-refractivity contribution in [3.63, 3.8) is 0 Å². The van der Waals surface area contributed by atoms with Crippen molar-refractivity contribution in [2.24, 2.45) is 0 Å². The third-order valence-corrected chi connectivity index (χ3v) is 3.02. The van der Waals surface area contributed by atoms with Gasteiger partial charge in [0.2, 0.25) is 0 Å². The third kappa shape index (κ3) is 1.91. The molecule has 0 saturated heterocycles. The molecule has 2 aromatic carbocycles. The number of aryl methyl sites for hydroxylation is 1. The molecule has 0 amide bonds. The number of hydrogen-bond donors (Lipinski definition) is 0. The van der Waals surface area contributed by atoms with Crippen molar-refractivity contribution >= 4 is 28.0 Å². The molecule has 94 valence electrons. The molecular weight excluding hydrogens is 240 g/mol. The van der Waals surface area contributed by atoms with E-state index in [1.54, 1.807) is 12.1 Å². The minimum atomic E-state index is -0.397. The zero-order valence-electron chi connectivity index (χ0n) is 10.7. The predicted octanol–water partition coefficient (Wildman–Crippen LogP) is 2.88. The van der Waals surface area contributed by atoms with E-state index in [2.05, 4.69) is 9.97 Å². The van der Waals surface area contributed by atoms with Crippen LogP contribution in [0.1, 0.15) is 15.9 Å². The van der Waals surface area contributed by atoms with Gasteiger partial charge in [0, 0.05) is 0 Å². The van der Waals surface area contributed by atoms with Crippen LogP contribution in [-0.2, 0) is 4.74 Å². The molecule has 0 atom stereocenters. The van der Waals surface area contributed by atoms with Gasteiger partial charge in [-0.2, -0.15) is 0 Å². The van der Waals surface area contributed by atoms with Gasteiger partial charge in [-0.1, -0.05) is 12.1 Å². The lowest BCUT2D eigenvalue weighted by Gasteiger charge is -2.05. The summed E-state index contributed by atoms with van der Waals surface area (Å²) >= 11 is 0. The van der Waals surface area contributed by atoms with Crippen molar-refractivity contribution in [1.29, 1.82) is 0 Å². The van der Waals surface area contributed by atoms with Crippen LogP contribution in [-0.4, -0.2) is 23.0 Å². The van der Waals surface area contributed by atoms with Gasteiger partial charge in [0.1, 0.15) is 5.52 Å². The second-order valence-corrected chi connectivity index (χ2v) is 4.38. The van der Waals surface area contributed by atoms with Crippen LogP contribution < -0.4 is 0 Å². The van der Waals surface area contributed by atoms with E-state index in [9.17, 15) is 4.79 Å². The van der Waals surface area contributed by atoms with Crippen molar-refractivity contribution in [3.8, 4) is 0 Å². The maximum Gasteiger partial charge on any atom is 0.340 e. The largest absolute Gasteiger partial charge is 0.465 e. The van der Waals surface area contributed by atoms with Crippen LogP contribution in [0.2, 0.25) is 0 Å². The van der Waals surface area contributed by atoms with Crippen LogP contribution in [0.5, 0.6) is 0 Å². The number of ether oxygens (including phenoxy) is 1. The number of fused-ring (bicyclic) bond motifs is 2. The number of nitrogens with zero attached hydrogens (tertiary/aromatic N) is 2. The van der Waals surface area contributed by atoms with Crippen LogP contribution in [0.4, 0.5) is 0 Å². The van der Waals surface area contributed by atoms with Crippen molar-refractivity contribution in [2.75, 3.05) is 7.11 Å². The van der Waals surface area contributed by atoms with Gasteiger partial charge in [-0.25, -0.2) is 14.8 Å². The van der Waals surface area contributed by atoms with Gasteiger partial charge in [0.05, 0.1) is 29.2 Å². The number of methoxy groups -OCH3 is 1. The highest BCUT2D eigenvalue weighted by atomic mass is 16.5. The van der Waals surface area contributed by atoms with E-state index in [1.807, 2.05) is 31.2 Å². The number of hydrogen-bond acceptors (Lipinski definition) is 4. The van der Waals surface area contributed by atoms with E-state index in [0.29, 0.717) is 16.6 Å². The molecule has 0 saturated carbocycles. The average Bonchev–Trinajstić information content (AvgIpc) is 2.43. The number of benzene rings is 2. The topological polar surface area (TPSA) is 52.1 Å². The molecule has 19 heavy (non-hydrogen) atoms. The first-order chi connectivity index (χ1) is 9.19. The van der Waals surface area contributed by atoms with Gasteiger partial charge < -0.3 is 4.74 Å². The fourth-order valence-corrected chi connectivity index (χ4v) is 2.08. The minimum Gasteiger partial charge on any atom is -0.465 e. The fourth-order valence-electron chi connectivity index (χ4n) is 2.08. The smallest absolute Gasteiger partial charge is 0.340 e. The summed E-state index contributed by atoms with van der Waals surface area (Å²) < 4.78 is 4.77. The van der Waals surface area contributed by atoms with Crippen molar-refractivity contribution in [2.45, 2.75) is 6.92 Å². The molecule has 1 heterocycles. The number of para-hydroxylation sites is 1. The Labute approximate surface area is 110 Å². The molecule has 0 aliphatic carbocycles. The monoisotopic (exact) mass is 252 g/mol. The van der Waals surface area contributed by atoms with Crippen LogP contribution in [0.3, 0.4) is 0 Å². The minimum absolute atomic E-state index is 0.397. The average molecular weight is 252 g/mol. The highest BCUT2D eigenvalue weighted by Crippen LogP contribution is 2.20. The van der Waals surface area contributed by atoms with E-state index in [0.717, 1.165) is 16.6 Å². The lowest BCUT2D eigenvalue weighted by Crippen LogP contribution is -2.03. The summed E-state index contributed by atoms with van der Waals surface area (Å²) in [7, 11) is 1.36. The van der Waals surface area contributed by atoms with Crippen LogP contribution in [0.15, 0.2) is 36.4 Å². The second-order valence-electron chi connectivity index (χ2n) is 4.38. The Balaban J connectivity index is 2.38. The molecule has 1 aromatic heterocycles. The number of carbonyl (C=O) groups is 1. The van der Waals surface area contributed by atoms with Crippen LogP contribution in [0.25, 0.3) is 22.1 Å². The summed E-state index contributed by atoms with van der Waals surface area (Å²) in [6, 6.07) is 11.2. The van der Waals surface area contributed by atoms with E-state index in [1.165, 1.54) is 7.11 Å². The molecule has 0 fully saturated rings.